The molecule has 0 aliphatic carbocycles. The molecule has 8 heteroatoms. The van der Waals surface area contributed by atoms with Crippen LogP contribution in [0.15, 0.2) is 53.5 Å². The molecule has 2 aromatic rings. The van der Waals surface area contributed by atoms with Crippen molar-refractivity contribution in [2.75, 3.05) is 36.5 Å². The number of guanidine groups is 1. The Morgan fingerprint density at radius 3 is 2.47 bits per heavy atom. The maximum atomic E-state index is 12.8. The zero-order chi connectivity index (χ0) is 21.6. The lowest BCUT2D eigenvalue weighted by atomic mass is 10.0. The lowest BCUT2D eigenvalue weighted by molar-refractivity contribution is -0.118. The Hall–Kier alpha value is -2.62. The molecule has 32 heavy (non-hydrogen) atoms. The van der Waals surface area contributed by atoms with Gasteiger partial charge in [0.2, 0.25) is 11.8 Å². The first-order chi connectivity index (χ1) is 15.2. The number of amides is 2. The van der Waals surface area contributed by atoms with Gasteiger partial charge in [-0.2, -0.15) is 0 Å². The van der Waals surface area contributed by atoms with Crippen molar-refractivity contribution in [2.45, 2.75) is 32.2 Å². The molecule has 1 fully saturated rings. The maximum Gasteiger partial charge on any atom is 0.246 e. The van der Waals surface area contributed by atoms with Gasteiger partial charge in [0.1, 0.15) is 0 Å². The number of nitrogens with zero attached hydrogens (tertiary/aromatic N) is 3. The molecule has 2 aliphatic heterocycles. The quantitative estimate of drug-likeness (QED) is 0.343. The van der Waals surface area contributed by atoms with Crippen molar-refractivity contribution >= 4 is 53.1 Å². The van der Waals surface area contributed by atoms with E-state index in [4.69, 9.17) is 0 Å². The highest BCUT2D eigenvalue weighted by Crippen LogP contribution is 2.26. The molecule has 0 saturated carbocycles. The lowest BCUT2D eigenvalue weighted by Crippen LogP contribution is -2.45. The number of nitrogens with one attached hydrogen (secondary N) is 2. The van der Waals surface area contributed by atoms with Crippen LogP contribution >= 0.6 is 24.0 Å². The zero-order valence-corrected chi connectivity index (χ0v) is 20.7. The SMILES string of the molecule is CN=C(NCC(=O)N1CCCc2ccccc21)NCc1ccc(N2CCCC2=O)cc1.I. The number of carbonyl (C=O) groups excluding carboxylic acids is 2. The third-order valence-electron chi connectivity index (χ3n) is 5.82. The molecule has 0 bridgehead atoms. The number of benzene rings is 2. The molecule has 0 radical (unpaired) electrons. The van der Waals surface area contributed by atoms with Crippen LogP contribution in [0.3, 0.4) is 0 Å². The minimum absolute atomic E-state index is 0. The van der Waals surface area contributed by atoms with Crippen molar-refractivity contribution in [3.63, 3.8) is 0 Å². The molecule has 2 heterocycles. The topological polar surface area (TPSA) is 77.0 Å². The van der Waals surface area contributed by atoms with E-state index in [1.807, 2.05) is 52.3 Å². The number of carbonyl (C=O) groups is 2. The van der Waals surface area contributed by atoms with E-state index in [-0.39, 0.29) is 42.3 Å². The summed E-state index contributed by atoms with van der Waals surface area (Å²) in [6.45, 7) is 2.30. The van der Waals surface area contributed by atoms with E-state index in [1.54, 1.807) is 7.05 Å². The molecule has 170 valence electrons. The first-order valence-electron chi connectivity index (χ1n) is 10.9. The molecule has 0 atom stereocenters. The van der Waals surface area contributed by atoms with Crippen molar-refractivity contribution in [1.29, 1.82) is 0 Å². The van der Waals surface area contributed by atoms with E-state index in [0.717, 1.165) is 49.3 Å². The van der Waals surface area contributed by atoms with Gasteiger partial charge in [-0.25, -0.2) is 0 Å². The normalized spacial score (nSPS) is 15.8. The molecule has 1 saturated heterocycles. The molecule has 0 unspecified atom stereocenters. The van der Waals surface area contributed by atoms with Crippen molar-refractivity contribution in [3.05, 3.63) is 59.7 Å². The number of fused-ring (bicyclic) bond motifs is 1. The van der Waals surface area contributed by atoms with Crippen molar-refractivity contribution in [3.8, 4) is 0 Å². The van der Waals surface area contributed by atoms with Crippen LogP contribution in [0.2, 0.25) is 0 Å². The fourth-order valence-corrected chi connectivity index (χ4v) is 4.17. The summed E-state index contributed by atoms with van der Waals surface area (Å²) in [4.78, 5) is 32.6. The standard InChI is InChI=1S/C24H29N5O2.HI/c1-25-24(26-16-18-10-12-20(13-11-18)28-14-5-9-22(28)30)27-17-23(31)29-15-4-7-19-6-2-3-8-21(19)29;/h2-3,6,8,10-13H,4-5,7,9,14-17H2,1H3,(H2,25,26,27);1H. The summed E-state index contributed by atoms with van der Waals surface area (Å²) in [7, 11) is 1.69. The highest BCUT2D eigenvalue weighted by atomic mass is 127. The summed E-state index contributed by atoms with van der Waals surface area (Å²) in [5, 5.41) is 6.37. The molecule has 2 aliphatic rings. The fraction of sp³-hybridized carbons (Fsp3) is 0.375. The van der Waals surface area contributed by atoms with Crippen LogP contribution < -0.4 is 20.4 Å². The number of halogens is 1. The molecule has 2 aromatic carbocycles. The van der Waals surface area contributed by atoms with Gasteiger partial charge in [0.25, 0.3) is 0 Å². The van der Waals surface area contributed by atoms with E-state index in [9.17, 15) is 9.59 Å². The Kier molecular flexibility index (Phi) is 8.49. The Balaban J connectivity index is 0.00000289. The Bertz CT molecular complexity index is 977. The molecular weight excluding hydrogens is 517 g/mol. The number of hydrogen-bond acceptors (Lipinski definition) is 3. The van der Waals surface area contributed by atoms with Crippen LogP contribution in [-0.2, 0) is 22.6 Å². The van der Waals surface area contributed by atoms with Gasteiger partial charge in [0.15, 0.2) is 5.96 Å². The summed E-state index contributed by atoms with van der Waals surface area (Å²) in [6, 6.07) is 16.1. The number of aryl methyl sites for hydroxylation is 1. The Labute approximate surface area is 206 Å². The zero-order valence-electron chi connectivity index (χ0n) is 18.3. The first-order valence-corrected chi connectivity index (χ1v) is 10.9. The minimum Gasteiger partial charge on any atom is -0.352 e. The average Bonchev–Trinajstić information content (AvgIpc) is 3.24. The van der Waals surface area contributed by atoms with Crippen LogP contribution in [-0.4, -0.2) is 44.5 Å². The smallest absolute Gasteiger partial charge is 0.246 e. The predicted molar refractivity (Wildman–Crippen MR) is 139 cm³/mol. The summed E-state index contributed by atoms with van der Waals surface area (Å²) in [5.74, 6) is 0.809. The largest absolute Gasteiger partial charge is 0.352 e. The van der Waals surface area contributed by atoms with Gasteiger partial charge >= 0.3 is 0 Å². The van der Waals surface area contributed by atoms with Gasteiger partial charge in [-0.1, -0.05) is 30.3 Å². The maximum absolute atomic E-state index is 12.8. The van der Waals surface area contributed by atoms with E-state index < -0.39 is 0 Å². The second-order valence-corrected chi connectivity index (χ2v) is 7.87. The fourth-order valence-electron chi connectivity index (χ4n) is 4.17. The molecule has 2 N–H and O–H groups in total. The summed E-state index contributed by atoms with van der Waals surface area (Å²) < 4.78 is 0. The Morgan fingerprint density at radius 1 is 1.00 bits per heavy atom. The van der Waals surface area contributed by atoms with E-state index in [2.05, 4.69) is 21.7 Å². The summed E-state index contributed by atoms with van der Waals surface area (Å²) >= 11 is 0. The van der Waals surface area contributed by atoms with Crippen molar-refractivity contribution < 1.29 is 9.59 Å². The predicted octanol–water partition coefficient (Wildman–Crippen LogP) is 3.08. The van der Waals surface area contributed by atoms with Crippen LogP contribution in [0.25, 0.3) is 0 Å². The van der Waals surface area contributed by atoms with Gasteiger partial charge < -0.3 is 20.4 Å². The van der Waals surface area contributed by atoms with Gasteiger partial charge in [-0.3, -0.25) is 14.6 Å². The van der Waals surface area contributed by atoms with Gasteiger partial charge in [0, 0.05) is 44.5 Å². The van der Waals surface area contributed by atoms with Gasteiger partial charge in [-0.15, -0.1) is 24.0 Å². The highest BCUT2D eigenvalue weighted by Gasteiger charge is 2.22. The monoisotopic (exact) mass is 547 g/mol. The third kappa shape index (κ3) is 5.59. The second kappa shape index (κ2) is 11.3. The van der Waals surface area contributed by atoms with Crippen molar-refractivity contribution in [1.82, 2.24) is 10.6 Å². The number of aliphatic imine (C=N–C) groups is 1. The van der Waals surface area contributed by atoms with Crippen LogP contribution in [0.1, 0.15) is 30.4 Å². The van der Waals surface area contributed by atoms with Crippen LogP contribution in [0, 0.1) is 0 Å². The average molecular weight is 547 g/mol. The van der Waals surface area contributed by atoms with Crippen molar-refractivity contribution in [2.24, 2.45) is 4.99 Å². The Morgan fingerprint density at radius 2 is 1.75 bits per heavy atom. The van der Waals surface area contributed by atoms with Crippen LogP contribution in [0.4, 0.5) is 11.4 Å². The first kappa shape index (κ1) is 24.0. The summed E-state index contributed by atoms with van der Waals surface area (Å²) in [6.07, 6.45) is 3.55. The molecule has 7 nitrogen and oxygen atoms in total. The van der Waals surface area contributed by atoms with Crippen LogP contribution in [0.5, 0.6) is 0 Å². The second-order valence-electron chi connectivity index (χ2n) is 7.87. The molecule has 0 spiro atoms. The molecule has 2 amide bonds. The molecule has 0 aromatic heterocycles. The van der Waals surface area contributed by atoms with Gasteiger partial charge in [-0.05, 0) is 48.6 Å². The van der Waals surface area contributed by atoms with E-state index in [1.165, 1.54) is 5.56 Å². The van der Waals surface area contributed by atoms with Gasteiger partial charge in [0.05, 0.1) is 6.54 Å². The number of rotatable bonds is 5. The van der Waals surface area contributed by atoms with E-state index >= 15 is 0 Å². The summed E-state index contributed by atoms with van der Waals surface area (Å²) in [5.41, 5.74) is 4.26. The highest BCUT2D eigenvalue weighted by molar-refractivity contribution is 14.0. The minimum atomic E-state index is 0. The number of hydrogen-bond donors (Lipinski definition) is 2. The number of anilines is 2. The molecule has 4 rings (SSSR count). The third-order valence-corrected chi connectivity index (χ3v) is 5.82. The number of para-hydroxylation sites is 1. The molecular formula is C24H30IN5O2. The lowest BCUT2D eigenvalue weighted by Gasteiger charge is -2.29. The van der Waals surface area contributed by atoms with E-state index in [0.29, 0.717) is 18.9 Å².